The zero-order valence-corrected chi connectivity index (χ0v) is 11.8. The summed E-state index contributed by atoms with van der Waals surface area (Å²) in [4.78, 5) is 17.6. The molecule has 6 nitrogen and oxygen atoms in total. The van der Waals surface area contributed by atoms with Crippen molar-refractivity contribution in [2.45, 2.75) is 12.8 Å². The maximum atomic E-state index is 11.4. The van der Waals surface area contributed by atoms with E-state index in [2.05, 4.69) is 15.2 Å². The molecule has 1 aliphatic rings. The van der Waals surface area contributed by atoms with E-state index in [-0.39, 0.29) is 10.6 Å². The minimum atomic E-state index is -0.331. The van der Waals surface area contributed by atoms with Gasteiger partial charge in [-0.05, 0) is 50.2 Å². The van der Waals surface area contributed by atoms with Gasteiger partial charge in [0.2, 0.25) is 0 Å². The van der Waals surface area contributed by atoms with Gasteiger partial charge in [-0.15, -0.1) is 0 Å². The Balaban J connectivity index is 1.80. The van der Waals surface area contributed by atoms with Gasteiger partial charge in [0, 0.05) is 19.3 Å². The number of fused-ring (bicyclic) bond motifs is 1. The van der Waals surface area contributed by atoms with E-state index in [1.165, 1.54) is 12.8 Å². The van der Waals surface area contributed by atoms with E-state index < -0.39 is 0 Å². The van der Waals surface area contributed by atoms with Crippen molar-refractivity contribution in [1.29, 1.82) is 0 Å². The first-order valence-electron chi connectivity index (χ1n) is 7.24. The van der Waals surface area contributed by atoms with Gasteiger partial charge in [-0.1, -0.05) is 0 Å². The van der Waals surface area contributed by atoms with Crippen molar-refractivity contribution in [2.75, 3.05) is 31.5 Å². The lowest BCUT2D eigenvalue weighted by Gasteiger charge is -2.15. The molecule has 1 aromatic heterocycles. The highest BCUT2D eigenvalue weighted by molar-refractivity contribution is 5.94. The predicted octanol–water partition coefficient (Wildman–Crippen LogP) is 2.65. The minimum absolute atomic E-state index is 0.113. The van der Waals surface area contributed by atoms with Crippen LogP contribution in [-0.4, -0.2) is 41.0 Å². The summed E-state index contributed by atoms with van der Waals surface area (Å²) in [6, 6.07) is 7.04. The molecule has 110 valence electrons. The molecule has 21 heavy (non-hydrogen) atoms. The first kappa shape index (κ1) is 13.8. The molecule has 0 amide bonds. The number of nitrogens with one attached hydrogen (secondary N) is 1. The first-order valence-corrected chi connectivity index (χ1v) is 7.24. The van der Waals surface area contributed by atoms with Crippen LogP contribution < -0.4 is 5.32 Å². The Kier molecular flexibility index (Phi) is 3.96. The molecular weight excluding hydrogens is 268 g/mol. The van der Waals surface area contributed by atoms with Gasteiger partial charge < -0.3 is 10.2 Å². The van der Waals surface area contributed by atoms with Crippen LogP contribution in [-0.2, 0) is 0 Å². The molecule has 0 radical (unpaired) electrons. The number of pyridine rings is 1. The van der Waals surface area contributed by atoms with Crippen LogP contribution in [0.4, 0.5) is 11.4 Å². The number of anilines is 1. The highest BCUT2D eigenvalue weighted by Crippen LogP contribution is 2.32. The van der Waals surface area contributed by atoms with Crippen LogP contribution in [0.1, 0.15) is 12.8 Å². The normalized spacial score (nSPS) is 15.4. The Hall–Kier alpha value is -2.21. The largest absolute Gasteiger partial charge is 0.378 e. The lowest BCUT2D eigenvalue weighted by Crippen LogP contribution is -2.26. The molecule has 6 heteroatoms. The van der Waals surface area contributed by atoms with Crippen molar-refractivity contribution < 1.29 is 4.92 Å². The van der Waals surface area contributed by atoms with Gasteiger partial charge in [-0.25, -0.2) is 0 Å². The number of hydrogen-bond acceptors (Lipinski definition) is 5. The molecule has 0 bridgehead atoms. The number of nitrogens with zero attached hydrogens (tertiary/aromatic N) is 3. The highest BCUT2D eigenvalue weighted by atomic mass is 16.6. The van der Waals surface area contributed by atoms with Crippen LogP contribution >= 0.6 is 0 Å². The van der Waals surface area contributed by atoms with Crippen molar-refractivity contribution >= 4 is 22.3 Å². The number of aromatic nitrogens is 1. The molecule has 0 spiro atoms. The van der Waals surface area contributed by atoms with Crippen LogP contribution in [0.25, 0.3) is 10.9 Å². The number of benzene rings is 1. The highest BCUT2D eigenvalue weighted by Gasteiger charge is 2.19. The van der Waals surface area contributed by atoms with E-state index >= 15 is 0 Å². The molecule has 1 aromatic carbocycles. The average Bonchev–Trinajstić information content (AvgIpc) is 3.00. The summed E-state index contributed by atoms with van der Waals surface area (Å²) in [6.45, 7) is 3.89. The lowest BCUT2D eigenvalue weighted by atomic mass is 10.1. The van der Waals surface area contributed by atoms with Crippen molar-refractivity contribution in [3.05, 3.63) is 40.6 Å². The fraction of sp³-hybridized carbons (Fsp3) is 0.400. The number of nitro benzene ring substituents is 1. The summed E-state index contributed by atoms with van der Waals surface area (Å²) < 4.78 is 0. The quantitative estimate of drug-likeness (QED) is 0.676. The zero-order chi connectivity index (χ0) is 14.7. The van der Waals surface area contributed by atoms with Crippen molar-refractivity contribution in [2.24, 2.45) is 0 Å². The van der Waals surface area contributed by atoms with Gasteiger partial charge in [0.05, 0.1) is 15.8 Å². The summed E-state index contributed by atoms with van der Waals surface area (Å²) in [5.41, 5.74) is 1.33. The number of hydrogen-bond donors (Lipinski definition) is 1. The van der Waals surface area contributed by atoms with E-state index in [0.717, 1.165) is 19.6 Å². The summed E-state index contributed by atoms with van der Waals surface area (Å²) >= 11 is 0. The molecule has 1 saturated heterocycles. The second-order valence-electron chi connectivity index (χ2n) is 5.26. The van der Waals surface area contributed by atoms with Gasteiger partial charge in [0.1, 0.15) is 5.69 Å². The van der Waals surface area contributed by atoms with Gasteiger partial charge in [-0.3, -0.25) is 15.1 Å². The third kappa shape index (κ3) is 2.95. The van der Waals surface area contributed by atoms with Crippen molar-refractivity contribution in [3.8, 4) is 0 Å². The van der Waals surface area contributed by atoms with Crippen LogP contribution in [0.5, 0.6) is 0 Å². The molecule has 1 aliphatic heterocycles. The fourth-order valence-electron chi connectivity index (χ4n) is 2.83. The molecule has 0 atom stereocenters. The first-order chi connectivity index (χ1) is 10.3. The fourth-order valence-corrected chi connectivity index (χ4v) is 2.83. The number of nitro groups is 1. The maximum absolute atomic E-state index is 11.4. The summed E-state index contributed by atoms with van der Waals surface area (Å²) in [7, 11) is 0. The molecule has 1 fully saturated rings. The molecule has 3 rings (SSSR count). The van der Waals surface area contributed by atoms with Crippen LogP contribution in [0.15, 0.2) is 30.5 Å². The van der Waals surface area contributed by atoms with Crippen LogP contribution in [0.2, 0.25) is 0 Å². The Morgan fingerprint density at radius 2 is 2.10 bits per heavy atom. The molecule has 0 saturated carbocycles. The van der Waals surface area contributed by atoms with Crippen LogP contribution in [0, 0.1) is 10.1 Å². The Morgan fingerprint density at radius 1 is 1.29 bits per heavy atom. The lowest BCUT2D eigenvalue weighted by molar-refractivity contribution is -0.382. The zero-order valence-electron chi connectivity index (χ0n) is 11.8. The summed E-state index contributed by atoms with van der Waals surface area (Å²) in [5.74, 6) is 0. The SMILES string of the molecule is O=[N+]([O-])c1c(NCCN2CCCC2)ccc2ncccc12. The predicted molar refractivity (Wildman–Crippen MR) is 82.6 cm³/mol. The minimum Gasteiger partial charge on any atom is -0.378 e. The molecule has 0 aliphatic carbocycles. The third-order valence-electron chi connectivity index (χ3n) is 3.88. The standard InChI is InChI=1S/C15H18N4O2/c20-19(21)15-12-4-3-7-16-13(12)5-6-14(15)17-8-11-18-9-1-2-10-18/h3-7,17H,1-2,8-11H2. The van der Waals surface area contributed by atoms with Crippen LogP contribution in [0.3, 0.4) is 0 Å². The van der Waals surface area contributed by atoms with Gasteiger partial charge in [-0.2, -0.15) is 0 Å². The number of rotatable bonds is 5. The monoisotopic (exact) mass is 286 g/mol. The molecule has 2 aromatic rings. The second-order valence-corrected chi connectivity index (χ2v) is 5.26. The second kappa shape index (κ2) is 6.05. The van der Waals surface area contributed by atoms with Crippen molar-refractivity contribution in [3.63, 3.8) is 0 Å². The third-order valence-corrected chi connectivity index (χ3v) is 3.88. The van der Waals surface area contributed by atoms with E-state index in [1.54, 1.807) is 24.4 Å². The smallest absolute Gasteiger partial charge is 0.301 e. The Bertz CT molecular complexity index is 653. The summed E-state index contributed by atoms with van der Waals surface area (Å²) in [5, 5.41) is 15.2. The molecule has 0 unspecified atom stereocenters. The molecule has 2 heterocycles. The average molecular weight is 286 g/mol. The van der Waals surface area contributed by atoms with E-state index in [4.69, 9.17) is 0 Å². The Labute approximate surface area is 122 Å². The maximum Gasteiger partial charge on any atom is 0.301 e. The number of likely N-dealkylation sites (tertiary alicyclic amines) is 1. The van der Waals surface area contributed by atoms with E-state index in [9.17, 15) is 10.1 Å². The van der Waals surface area contributed by atoms with Gasteiger partial charge in [0.25, 0.3) is 0 Å². The van der Waals surface area contributed by atoms with Crippen molar-refractivity contribution in [1.82, 2.24) is 9.88 Å². The summed E-state index contributed by atoms with van der Waals surface area (Å²) in [6.07, 6.45) is 4.15. The van der Waals surface area contributed by atoms with E-state index in [0.29, 0.717) is 23.1 Å². The van der Waals surface area contributed by atoms with Gasteiger partial charge >= 0.3 is 5.69 Å². The Morgan fingerprint density at radius 3 is 2.86 bits per heavy atom. The molecular formula is C15H18N4O2. The topological polar surface area (TPSA) is 71.3 Å². The molecule has 1 N–H and O–H groups in total. The van der Waals surface area contributed by atoms with Gasteiger partial charge in [0.15, 0.2) is 0 Å². The van der Waals surface area contributed by atoms with E-state index in [1.807, 2.05) is 6.07 Å².